The van der Waals surface area contributed by atoms with E-state index in [1.54, 1.807) is 28.1 Å². The summed E-state index contributed by atoms with van der Waals surface area (Å²) in [7, 11) is -3.69. The van der Waals surface area contributed by atoms with Gasteiger partial charge in [-0.2, -0.15) is 16.1 Å². The molecule has 1 aromatic heterocycles. The monoisotopic (exact) mass is 482 g/mol. The average Bonchev–Trinajstić information content (AvgIpc) is 3.30. The lowest BCUT2D eigenvalue weighted by atomic mass is 10.2. The Morgan fingerprint density at radius 3 is 2.42 bits per heavy atom. The maximum absolute atomic E-state index is 13.1. The molecule has 9 nitrogen and oxygen atoms in total. The summed E-state index contributed by atoms with van der Waals surface area (Å²) in [4.78, 5) is 27.7. The minimum Gasteiger partial charge on any atom is -0.368 e. The summed E-state index contributed by atoms with van der Waals surface area (Å²) in [5, 5.41) is 12.7. The van der Waals surface area contributed by atoms with Gasteiger partial charge in [0.2, 0.25) is 10.0 Å². The quantitative estimate of drug-likeness (QED) is 0.476. The number of anilines is 1. The lowest BCUT2D eigenvalue weighted by Crippen LogP contribution is -2.49. The van der Waals surface area contributed by atoms with Gasteiger partial charge in [-0.1, -0.05) is 6.07 Å². The van der Waals surface area contributed by atoms with Gasteiger partial charge in [-0.3, -0.25) is 14.9 Å². The molecule has 1 amide bonds. The molecule has 0 saturated carbocycles. The van der Waals surface area contributed by atoms with Crippen molar-refractivity contribution in [3.05, 3.63) is 50.7 Å². The standard InChI is InChI=1S/C19H22N4O5S3/c24-19(18-17(4-11-30-18)31(27,28)22-9-12-29-13-10-22)21-7-5-20(6-8-21)15-2-1-3-16(14-15)23(25)26/h1-4,11,14H,5-10,12-13H2. The summed E-state index contributed by atoms with van der Waals surface area (Å²) < 4.78 is 27.6. The molecule has 0 bridgehead atoms. The number of hydrogen-bond acceptors (Lipinski definition) is 8. The summed E-state index contributed by atoms with van der Waals surface area (Å²) >= 11 is 2.88. The van der Waals surface area contributed by atoms with Crippen LogP contribution >= 0.6 is 23.1 Å². The van der Waals surface area contributed by atoms with Crippen LogP contribution in [0, 0.1) is 10.1 Å². The van der Waals surface area contributed by atoms with Gasteiger partial charge in [0.1, 0.15) is 9.77 Å². The van der Waals surface area contributed by atoms with Crippen LogP contribution in [0.4, 0.5) is 11.4 Å². The van der Waals surface area contributed by atoms with Crippen molar-refractivity contribution in [2.75, 3.05) is 55.7 Å². The summed E-state index contributed by atoms with van der Waals surface area (Å²) in [6, 6.07) is 7.95. The number of nitrogens with zero attached hydrogens (tertiary/aromatic N) is 4. The molecule has 0 atom stereocenters. The highest BCUT2D eigenvalue weighted by Crippen LogP contribution is 2.29. The molecule has 2 aliphatic heterocycles. The molecule has 2 fully saturated rings. The maximum Gasteiger partial charge on any atom is 0.271 e. The molecule has 166 valence electrons. The van der Waals surface area contributed by atoms with Gasteiger partial charge < -0.3 is 9.80 Å². The molecular formula is C19H22N4O5S3. The Bertz CT molecular complexity index is 1070. The van der Waals surface area contributed by atoms with Crippen molar-refractivity contribution < 1.29 is 18.1 Å². The molecule has 12 heteroatoms. The summed E-state index contributed by atoms with van der Waals surface area (Å²) in [6.45, 7) is 2.78. The van der Waals surface area contributed by atoms with Crippen LogP contribution < -0.4 is 4.90 Å². The first-order valence-corrected chi connectivity index (χ1v) is 13.3. The SMILES string of the molecule is O=C(c1sccc1S(=O)(=O)N1CCSCC1)N1CCN(c2cccc([N+](=O)[O-])c2)CC1. The number of nitro groups is 1. The maximum atomic E-state index is 13.1. The fourth-order valence-electron chi connectivity index (χ4n) is 3.70. The van der Waals surface area contributed by atoms with E-state index >= 15 is 0 Å². The zero-order valence-corrected chi connectivity index (χ0v) is 19.1. The lowest BCUT2D eigenvalue weighted by Gasteiger charge is -2.36. The number of hydrogen-bond donors (Lipinski definition) is 0. The van der Waals surface area contributed by atoms with Crippen molar-refractivity contribution in [3.8, 4) is 0 Å². The van der Waals surface area contributed by atoms with E-state index in [0.717, 1.165) is 28.5 Å². The molecule has 0 N–H and O–H groups in total. The number of carbonyl (C=O) groups is 1. The minimum atomic E-state index is -3.69. The van der Waals surface area contributed by atoms with E-state index in [2.05, 4.69) is 0 Å². The predicted molar refractivity (Wildman–Crippen MR) is 122 cm³/mol. The smallest absolute Gasteiger partial charge is 0.271 e. The molecule has 2 aliphatic rings. The molecule has 2 aromatic rings. The van der Waals surface area contributed by atoms with Crippen molar-refractivity contribution in [1.82, 2.24) is 9.21 Å². The second-order valence-corrected chi connectivity index (χ2v) is 11.2. The molecule has 31 heavy (non-hydrogen) atoms. The van der Waals surface area contributed by atoms with Crippen LogP contribution in [0.5, 0.6) is 0 Å². The molecule has 3 heterocycles. The van der Waals surface area contributed by atoms with Gasteiger partial charge in [-0.15, -0.1) is 11.3 Å². The fraction of sp³-hybridized carbons (Fsp3) is 0.421. The highest BCUT2D eigenvalue weighted by Gasteiger charge is 2.33. The Balaban J connectivity index is 1.46. The third-order valence-electron chi connectivity index (χ3n) is 5.38. The Morgan fingerprint density at radius 1 is 1.03 bits per heavy atom. The van der Waals surface area contributed by atoms with Gasteiger partial charge >= 0.3 is 0 Å². The Labute approximate surface area is 188 Å². The normalized spacial score (nSPS) is 18.2. The van der Waals surface area contributed by atoms with Gasteiger partial charge in [-0.25, -0.2) is 8.42 Å². The first-order valence-electron chi connectivity index (χ1n) is 9.82. The number of sulfonamides is 1. The van der Waals surface area contributed by atoms with Gasteiger partial charge in [0.15, 0.2) is 0 Å². The van der Waals surface area contributed by atoms with E-state index in [9.17, 15) is 23.3 Å². The molecule has 1 aromatic carbocycles. The van der Waals surface area contributed by atoms with Crippen LogP contribution in [0.15, 0.2) is 40.6 Å². The first kappa shape index (κ1) is 22.1. The van der Waals surface area contributed by atoms with Crippen LogP contribution in [0.2, 0.25) is 0 Å². The average molecular weight is 483 g/mol. The zero-order chi connectivity index (χ0) is 22.0. The molecule has 4 rings (SSSR count). The lowest BCUT2D eigenvalue weighted by molar-refractivity contribution is -0.384. The van der Waals surface area contributed by atoms with Crippen LogP contribution in [0.1, 0.15) is 9.67 Å². The highest BCUT2D eigenvalue weighted by molar-refractivity contribution is 7.99. The van der Waals surface area contributed by atoms with E-state index in [1.807, 2.05) is 11.0 Å². The third kappa shape index (κ3) is 4.56. The minimum absolute atomic E-state index is 0.0283. The number of thiophene rings is 1. The Morgan fingerprint density at radius 2 is 1.74 bits per heavy atom. The number of amides is 1. The van der Waals surface area contributed by atoms with Crippen LogP contribution in [0.25, 0.3) is 0 Å². The second-order valence-electron chi connectivity index (χ2n) is 7.19. The van der Waals surface area contributed by atoms with Gasteiger partial charge in [0.05, 0.1) is 4.92 Å². The van der Waals surface area contributed by atoms with Crippen molar-refractivity contribution >= 4 is 50.4 Å². The van der Waals surface area contributed by atoms with Crippen LogP contribution in [-0.2, 0) is 10.0 Å². The van der Waals surface area contributed by atoms with E-state index in [4.69, 9.17) is 0 Å². The van der Waals surface area contributed by atoms with E-state index in [-0.39, 0.29) is 21.4 Å². The molecule has 2 saturated heterocycles. The number of piperazine rings is 1. The molecule has 0 aliphatic carbocycles. The van der Waals surface area contributed by atoms with Crippen LogP contribution in [0.3, 0.4) is 0 Å². The van der Waals surface area contributed by atoms with Crippen molar-refractivity contribution in [3.63, 3.8) is 0 Å². The zero-order valence-electron chi connectivity index (χ0n) is 16.7. The summed E-state index contributed by atoms with van der Waals surface area (Å²) in [6.07, 6.45) is 0. The highest BCUT2D eigenvalue weighted by atomic mass is 32.2. The summed E-state index contributed by atoms with van der Waals surface area (Å²) in [5.41, 5.74) is 0.768. The predicted octanol–water partition coefficient (Wildman–Crippen LogP) is 2.36. The van der Waals surface area contributed by atoms with E-state index in [1.165, 1.54) is 22.5 Å². The van der Waals surface area contributed by atoms with Crippen LogP contribution in [-0.4, -0.2) is 79.2 Å². The fourth-order valence-corrected chi connectivity index (χ4v) is 7.64. The number of nitro benzene ring substituents is 1. The van der Waals surface area contributed by atoms with E-state index < -0.39 is 14.9 Å². The molecule has 0 radical (unpaired) electrons. The summed E-state index contributed by atoms with van der Waals surface area (Å²) in [5.74, 6) is 1.23. The second kappa shape index (κ2) is 9.15. The Hall–Kier alpha value is -2.15. The van der Waals surface area contributed by atoms with Crippen molar-refractivity contribution in [1.29, 1.82) is 0 Å². The largest absolute Gasteiger partial charge is 0.368 e. The number of non-ortho nitro benzene ring substituents is 1. The number of carbonyl (C=O) groups excluding carboxylic acids is 1. The van der Waals surface area contributed by atoms with Gasteiger partial charge in [-0.05, 0) is 17.5 Å². The molecule has 0 spiro atoms. The molecule has 0 unspecified atom stereocenters. The molecular weight excluding hydrogens is 460 g/mol. The van der Waals surface area contributed by atoms with Crippen molar-refractivity contribution in [2.24, 2.45) is 0 Å². The van der Waals surface area contributed by atoms with E-state index in [0.29, 0.717) is 39.3 Å². The number of benzene rings is 1. The number of thioether (sulfide) groups is 1. The van der Waals surface area contributed by atoms with Crippen molar-refractivity contribution in [2.45, 2.75) is 4.90 Å². The topological polar surface area (TPSA) is 104 Å². The first-order chi connectivity index (χ1) is 14.9. The van der Waals surface area contributed by atoms with Gasteiger partial charge in [0.25, 0.3) is 11.6 Å². The number of rotatable bonds is 5. The van der Waals surface area contributed by atoms with Gasteiger partial charge in [0, 0.05) is 68.6 Å². The third-order valence-corrected chi connectivity index (χ3v) is 9.30. The Kier molecular flexibility index (Phi) is 6.51.